The van der Waals surface area contributed by atoms with E-state index in [1.165, 1.54) is 11.8 Å². The van der Waals surface area contributed by atoms with Gasteiger partial charge in [-0.25, -0.2) is 4.98 Å². The van der Waals surface area contributed by atoms with Crippen LogP contribution in [0.4, 0.5) is 5.82 Å². The van der Waals surface area contributed by atoms with Crippen LogP contribution in [0.2, 0.25) is 0 Å². The lowest BCUT2D eigenvalue weighted by Gasteiger charge is -2.24. The van der Waals surface area contributed by atoms with Gasteiger partial charge in [-0.2, -0.15) is 0 Å². The molecule has 1 aliphatic rings. The molecule has 0 spiro atoms. The average molecular weight is 329 g/mol. The molecule has 1 atom stereocenters. The van der Waals surface area contributed by atoms with E-state index in [1.807, 2.05) is 31.2 Å². The summed E-state index contributed by atoms with van der Waals surface area (Å²) in [5.41, 5.74) is 2.49. The molecule has 0 radical (unpaired) electrons. The number of H-pyrrole nitrogens is 1. The van der Waals surface area contributed by atoms with E-state index in [1.54, 1.807) is 0 Å². The molecule has 0 aliphatic carbocycles. The number of aromatic amines is 1. The summed E-state index contributed by atoms with van der Waals surface area (Å²) in [6, 6.07) is 7.94. The molecule has 0 bridgehead atoms. The molecule has 6 heteroatoms. The van der Waals surface area contributed by atoms with Crippen molar-refractivity contribution in [3.8, 4) is 0 Å². The molecule has 2 N–H and O–H groups in total. The first-order valence-corrected chi connectivity index (χ1v) is 8.70. The highest BCUT2D eigenvalue weighted by Gasteiger charge is 2.30. The maximum Gasteiger partial charge on any atom is 0.257 e. The van der Waals surface area contributed by atoms with Crippen LogP contribution in [-0.2, 0) is 4.79 Å². The molecule has 1 amide bonds. The number of aromatic nitrogens is 2. The highest BCUT2D eigenvalue weighted by Crippen LogP contribution is 2.34. The monoisotopic (exact) mass is 329 g/mol. The summed E-state index contributed by atoms with van der Waals surface area (Å²) in [6.07, 6.45) is 1.26. The SMILES string of the molecule is CCCSc1nc2c(c(=O)[nH]1)[C@@H](c1ccc(C)cc1)CC(=O)N2. The Morgan fingerprint density at radius 3 is 2.70 bits per heavy atom. The number of carbonyl (C=O) groups excluding carboxylic acids is 1. The minimum absolute atomic E-state index is 0.104. The first-order chi connectivity index (χ1) is 11.1. The summed E-state index contributed by atoms with van der Waals surface area (Å²) in [5, 5.41) is 3.30. The van der Waals surface area contributed by atoms with Crippen LogP contribution >= 0.6 is 11.8 Å². The third-order valence-corrected chi connectivity index (χ3v) is 4.93. The van der Waals surface area contributed by atoms with Crippen molar-refractivity contribution in [3.63, 3.8) is 0 Å². The molecule has 2 heterocycles. The molecule has 1 aromatic carbocycles. The Bertz CT molecular complexity index is 783. The van der Waals surface area contributed by atoms with Gasteiger partial charge in [0.25, 0.3) is 5.56 Å². The fraction of sp³-hybridized carbons (Fsp3) is 0.353. The van der Waals surface area contributed by atoms with Gasteiger partial charge in [0.15, 0.2) is 5.16 Å². The number of aryl methyl sites for hydroxylation is 1. The van der Waals surface area contributed by atoms with Gasteiger partial charge in [0, 0.05) is 18.1 Å². The summed E-state index contributed by atoms with van der Waals surface area (Å²) in [7, 11) is 0. The third kappa shape index (κ3) is 3.32. The van der Waals surface area contributed by atoms with E-state index in [0.29, 0.717) is 16.5 Å². The van der Waals surface area contributed by atoms with Gasteiger partial charge < -0.3 is 10.3 Å². The molecule has 1 aliphatic heterocycles. The first kappa shape index (κ1) is 15.8. The van der Waals surface area contributed by atoms with Crippen LogP contribution in [0.25, 0.3) is 0 Å². The van der Waals surface area contributed by atoms with Gasteiger partial charge >= 0.3 is 0 Å². The van der Waals surface area contributed by atoms with Crippen LogP contribution in [0.1, 0.15) is 42.4 Å². The first-order valence-electron chi connectivity index (χ1n) is 7.72. The highest BCUT2D eigenvalue weighted by atomic mass is 32.2. The number of thioether (sulfide) groups is 1. The summed E-state index contributed by atoms with van der Waals surface area (Å²) >= 11 is 1.49. The largest absolute Gasteiger partial charge is 0.310 e. The molecule has 0 unspecified atom stereocenters. The van der Waals surface area contributed by atoms with E-state index < -0.39 is 0 Å². The number of rotatable bonds is 4. The lowest BCUT2D eigenvalue weighted by Crippen LogP contribution is -2.31. The second-order valence-corrected chi connectivity index (χ2v) is 6.78. The standard InChI is InChI=1S/C17H19N3O2S/c1-3-8-23-17-19-15-14(16(22)20-17)12(9-13(21)18-15)11-6-4-10(2)5-7-11/h4-7,12H,3,8-9H2,1-2H3,(H2,18,19,20,21,22)/t12-/m1/s1. The van der Waals surface area contributed by atoms with E-state index in [-0.39, 0.29) is 23.8 Å². The van der Waals surface area contributed by atoms with Crippen molar-refractivity contribution in [1.29, 1.82) is 0 Å². The van der Waals surface area contributed by atoms with E-state index in [2.05, 4.69) is 22.2 Å². The Kier molecular flexibility index (Phi) is 4.52. The zero-order valence-corrected chi connectivity index (χ0v) is 14.0. The van der Waals surface area contributed by atoms with Crippen LogP contribution < -0.4 is 10.9 Å². The predicted molar refractivity (Wildman–Crippen MR) is 92.1 cm³/mol. The molecular formula is C17H19N3O2S. The molecule has 3 rings (SSSR count). The molecule has 2 aromatic rings. The fourth-order valence-electron chi connectivity index (χ4n) is 2.70. The number of amides is 1. The Morgan fingerprint density at radius 2 is 2.00 bits per heavy atom. The second kappa shape index (κ2) is 6.58. The topological polar surface area (TPSA) is 74.8 Å². The fourth-order valence-corrected chi connectivity index (χ4v) is 3.42. The van der Waals surface area contributed by atoms with Crippen molar-refractivity contribution < 1.29 is 4.79 Å². The van der Waals surface area contributed by atoms with Crippen LogP contribution in [0.15, 0.2) is 34.2 Å². The van der Waals surface area contributed by atoms with E-state index >= 15 is 0 Å². The maximum atomic E-state index is 12.5. The molecule has 0 fully saturated rings. The second-order valence-electron chi connectivity index (χ2n) is 5.70. The van der Waals surface area contributed by atoms with Gasteiger partial charge in [0.1, 0.15) is 5.82 Å². The lowest BCUT2D eigenvalue weighted by atomic mass is 9.86. The highest BCUT2D eigenvalue weighted by molar-refractivity contribution is 7.99. The molecule has 23 heavy (non-hydrogen) atoms. The minimum atomic E-state index is -0.249. The van der Waals surface area contributed by atoms with Gasteiger partial charge in [0.05, 0.1) is 5.56 Å². The van der Waals surface area contributed by atoms with Crippen molar-refractivity contribution in [1.82, 2.24) is 9.97 Å². The number of carbonyl (C=O) groups is 1. The van der Waals surface area contributed by atoms with Gasteiger partial charge in [0.2, 0.25) is 5.91 Å². The number of nitrogens with zero attached hydrogens (tertiary/aromatic N) is 1. The Labute approximate surface area is 138 Å². The summed E-state index contributed by atoms with van der Waals surface area (Å²) in [4.78, 5) is 31.9. The van der Waals surface area contributed by atoms with Gasteiger partial charge in [-0.05, 0) is 18.9 Å². The number of hydrogen-bond donors (Lipinski definition) is 2. The van der Waals surface area contributed by atoms with Crippen molar-refractivity contribution >= 4 is 23.5 Å². The molecule has 120 valence electrons. The number of hydrogen-bond acceptors (Lipinski definition) is 4. The van der Waals surface area contributed by atoms with Crippen LogP contribution in [0, 0.1) is 6.92 Å². The van der Waals surface area contributed by atoms with Crippen molar-refractivity contribution in [2.75, 3.05) is 11.1 Å². The quantitative estimate of drug-likeness (QED) is 0.668. The Morgan fingerprint density at radius 1 is 1.26 bits per heavy atom. The molecule has 1 aromatic heterocycles. The lowest BCUT2D eigenvalue weighted by molar-refractivity contribution is -0.116. The Balaban J connectivity index is 2.05. The van der Waals surface area contributed by atoms with Crippen LogP contribution in [0.5, 0.6) is 0 Å². The molecular weight excluding hydrogens is 310 g/mol. The van der Waals surface area contributed by atoms with Gasteiger partial charge in [-0.3, -0.25) is 9.59 Å². The van der Waals surface area contributed by atoms with Gasteiger partial charge in [-0.1, -0.05) is 48.5 Å². The number of nitrogens with one attached hydrogen (secondary N) is 2. The molecule has 5 nitrogen and oxygen atoms in total. The molecule has 0 saturated carbocycles. The Hall–Kier alpha value is -2.08. The number of fused-ring (bicyclic) bond motifs is 1. The zero-order valence-electron chi connectivity index (χ0n) is 13.2. The van der Waals surface area contributed by atoms with Crippen molar-refractivity contribution in [2.24, 2.45) is 0 Å². The van der Waals surface area contributed by atoms with Crippen molar-refractivity contribution in [3.05, 3.63) is 51.3 Å². The summed E-state index contributed by atoms with van der Waals surface area (Å²) in [6.45, 7) is 4.08. The summed E-state index contributed by atoms with van der Waals surface area (Å²) in [5.74, 6) is 0.916. The smallest absolute Gasteiger partial charge is 0.257 e. The minimum Gasteiger partial charge on any atom is -0.310 e. The number of benzene rings is 1. The number of anilines is 1. The zero-order chi connectivity index (χ0) is 16.4. The van der Waals surface area contributed by atoms with Crippen LogP contribution in [-0.4, -0.2) is 21.6 Å². The molecule has 0 saturated heterocycles. The van der Waals surface area contributed by atoms with E-state index in [9.17, 15) is 9.59 Å². The van der Waals surface area contributed by atoms with E-state index in [4.69, 9.17) is 0 Å². The average Bonchev–Trinajstić information content (AvgIpc) is 2.52. The van der Waals surface area contributed by atoms with Crippen molar-refractivity contribution in [2.45, 2.75) is 37.8 Å². The third-order valence-electron chi connectivity index (χ3n) is 3.85. The summed E-state index contributed by atoms with van der Waals surface area (Å²) < 4.78 is 0. The van der Waals surface area contributed by atoms with Gasteiger partial charge in [-0.15, -0.1) is 0 Å². The maximum absolute atomic E-state index is 12.5. The predicted octanol–water partition coefficient (Wildman–Crippen LogP) is 3.05. The van der Waals surface area contributed by atoms with Crippen LogP contribution in [0.3, 0.4) is 0 Å². The van der Waals surface area contributed by atoms with E-state index in [0.717, 1.165) is 23.3 Å². The normalized spacial score (nSPS) is 16.8.